The van der Waals surface area contributed by atoms with E-state index in [0.717, 1.165) is 12.0 Å². The zero-order chi connectivity index (χ0) is 15.6. The van der Waals surface area contributed by atoms with Gasteiger partial charge in [0.15, 0.2) is 11.5 Å². The lowest BCUT2D eigenvalue weighted by Crippen LogP contribution is -2.32. The molecule has 0 radical (unpaired) electrons. The summed E-state index contributed by atoms with van der Waals surface area (Å²) in [5.41, 5.74) is 1.04. The second-order valence-electron chi connectivity index (χ2n) is 6.52. The van der Waals surface area contributed by atoms with Gasteiger partial charge in [0.2, 0.25) is 0 Å². The molecule has 1 aromatic rings. The molecule has 1 aromatic carbocycles. The topological polar surface area (TPSA) is 87.0 Å². The van der Waals surface area contributed by atoms with Crippen molar-refractivity contribution in [3.63, 3.8) is 0 Å². The molecule has 3 aliphatic rings. The molecule has 1 fully saturated rings. The van der Waals surface area contributed by atoms with Crippen LogP contribution in [0.1, 0.15) is 34.0 Å². The minimum Gasteiger partial charge on any atom is -0.504 e. The molecule has 0 amide bonds. The van der Waals surface area contributed by atoms with E-state index in [2.05, 4.69) is 16.9 Å². The maximum atomic E-state index is 11.7. The maximum Gasteiger partial charge on any atom is 0.341 e. The standard InChI is InChI=1S/C17H18O5/c1-22-17(21)11-6-9-5-10-7-2-3-8(4-7)12(10)15(19)13(9)16(20)14(11)18/h2-3,6-8,10,12,15,18-20H,4-5H2,1H3. The summed E-state index contributed by atoms with van der Waals surface area (Å²) in [5, 5.41) is 31.1. The first kappa shape index (κ1) is 13.6. The van der Waals surface area contributed by atoms with Gasteiger partial charge in [0, 0.05) is 5.56 Å². The van der Waals surface area contributed by atoms with Crippen LogP contribution in [-0.4, -0.2) is 28.4 Å². The molecule has 0 aliphatic heterocycles. The Kier molecular flexibility index (Phi) is 2.78. The second-order valence-corrected chi connectivity index (χ2v) is 6.52. The molecule has 5 atom stereocenters. The first-order chi connectivity index (χ1) is 10.5. The molecule has 0 saturated heterocycles. The van der Waals surface area contributed by atoms with Gasteiger partial charge in [-0.2, -0.15) is 0 Å². The first-order valence-electron chi connectivity index (χ1n) is 7.55. The van der Waals surface area contributed by atoms with Gasteiger partial charge in [0.1, 0.15) is 5.56 Å². The minimum absolute atomic E-state index is 0.0527. The highest BCUT2D eigenvalue weighted by Crippen LogP contribution is 2.58. The van der Waals surface area contributed by atoms with Crippen LogP contribution in [0.4, 0.5) is 0 Å². The molecular weight excluding hydrogens is 284 g/mol. The second kappa shape index (κ2) is 4.49. The van der Waals surface area contributed by atoms with E-state index in [-0.39, 0.29) is 11.5 Å². The van der Waals surface area contributed by atoms with Gasteiger partial charge in [-0.25, -0.2) is 4.79 Å². The molecule has 1 saturated carbocycles. The Labute approximate surface area is 127 Å². The molecule has 2 bridgehead atoms. The molecule has 3 aliphatic carbocycles. The molecular formula is C17H18O5. The number of carbonyl (C=O) groups is 1. The molecule has 0 heterocycles. The number of benzene rings is 1. The van der Waals surface area contributed by atoms with Crippen LogP contribution in [0.15, 0.2) is 18.2 Å². The van der Waals surface area contributed by atoms with E-state index in [9.17, 15) is 20.1 Å². The fourth-order valence-corrected chi connectivity index (χ4v) is 4.66. The highest BCUT2D eigenvalue weighted by molar-refractivity contribution is 5.94. The highest BCUT2D eigenvalue weighted by Gasteiger charge is 2.51. The van der Waals surface area contributed by atoms with Crippen LogP contribution in [0, 0.1) is 23.7 Å². The molecule has 3 N–H and O–H groups in total. The van der Waals surface area contributed by atoms with Crippen molar-refractivity contribution in [1.82, 2.24) is 0 Å². The van der Waals surface area contributed by atoms with E-state index in [1.54, 1.807) is 6.07 Å². The molecule has 0 aromatic heterocycles. The lowest BCUT2D eigenvalue weighted by Gasteiger charge is -2.38. The van der Waals surface area contributed by atoms with Gasteiger partial charge in [-0.3, -0.25) is 0 Å². The van der Waals surface area contributed by atoms with Gasteiger partial charge in [0.25, 0.3) is 0 Å². The van der Waals surface area contributed by atoms with Crippen LogP contribution in [0.25, 0.3) is 0 Å². The number of phenols is 2. The molecule has 0 spiro atoms. The lowest BCUT2D eigenvalue weighted by atomic mass is 9.69. The minimum atomic E-state index is -0.814. The van der Waals surface area contributed by atoms with Crippen molar-refractivity contribution in [1.29, 1.82) is 0 Å². The van der Waals surface area contributed by atoms with Gasteiger partial charge in [-0.05, 0) is 48.1 Å². The number of ether oxygens (including phenoxy) is 1. The average Bonchev–Trinajstić information content (AvgIpc) is 3.11. The van der Waals surface area contributed by atoms with Crippen molar-refractivity contribution >= 4 is 5.97 Å². The lowest BCUT2D eigenvalue weighted by molar-refractivity contribution is 0.0485. The van der Waals surface area contributed by atoms with E-state index >= 15 is 0 Å². The molecule has 4 rings (SSSR count). The zero-order valence-corrected chi connectivity index (χ0v) is 12.2. The third-order valence-corrected chi connectivity index (χ3v) is 5.61. The Morgan fingerprint density at radius 2 is 1.95 bits per heavy atom. The molecule has 116 valence electrons. The maximum absolute atomic E-state index is 11.7. The van der Waals surface area contributed by atoms with Crippen LogP contribution in [0.3, 0.4) is 0 Å². The average molecular weight is 302 g/mol. The molecule has 5 heteroatoms. The van der Waals surface area contributed by atoms with Gasteiger partial charge in [0.05, 0.1) is 13.2 Å². The summed E-state index contributed by atoms with van der Waals surface area (Å²) in [6, 6.07) is 1.55. The van der Waals surface area contributed by atoms with Gasteiger partial charge in [-0.1, -0.05) is 12.2 Å². The zero-order valence-electron chi connectivity index (χ0n) is 12.2. The van der Waals surface area contributed by atoms with E-state index in [4.69, 9.17) is 0 Å². The quantitative estimate of drug-likeness (QED) is 0.419. The number of fused-ring (bicyclic) bond motifs is 6. The number of hydrogen-bond acceptors (Lipinski definition) is 5. The number of allylic oxidation sites excluding steroid dienone is 2. The fourth-order valence-electron chi connectivity index (χ4n) is 4.66. The fraction of sp³-hybridized carbons (Fsp3) is 0.471. The van der Waals surface area contributed by atoms with E-state index in [1.807, 2.05) is 0 Å². The number of phenolic OH excluding ortho intramolecular Hbond substituents is 2. The van der Waals surface area contributed by atoms with E-state index in [1.165, 1.54) is 7.11 Å². The predicted molar refractivity (Wildman–Crippen MR) is 77.5 cm³/mol. The van der Waals surface area contributed by atoms with Crippen LogP contribution in [-0.2, 0) is 11.2 Å². The molecule has 5 nitrogen and oxygen atoms in total. The van der Waals surface area contributed by atoms with Crippen LogP contribution in [0.2, 0.25) is 0 Å². The number of hydrogen-bond donors (Lipinski definition) is 3. The smallest absolute Gasteiger partial charge is 0.341 e. The van der Waals surface area contributed by atoms with Crippen molar-refractivity contribution in [3.8, 4) is 11.5 Å². The summed E-state index contributed by atoms with van der Waals surface area (Å²) in [5.74, 6) is -0.406. The largest absolute Gasteiger partial charge is 0.504 e. The summed E-state index contributed by atoms with van der Waals surface area (Å²) in [6.45, 7) is 0. The first-order valence-corrected chi connectivity index (χ1v) is 7.55. The van der Waals surface area contributed by atoms with E-state index in [0.29, 0.717) is 29.7 Å². The van der Waals surface area contributed by atoms with Crippen molar-refractivity contribution in [3.05, 3.63) is 34.9 Å². The number of rotatable bonds is 1. The summed E-state index contributed by atoms with van der Waals surface area (Å²) in [4.78, 5) is 11.7. The number of carbonyl (C=O) groups excluding carboxylic acids is 1. The Morgan fingerprint density at radius 3 is 2.68 bits per heavy atom. The summed E-state index contributed by atoms with van der Waals surface area (Å²) in [6.07, 6.45) is 5.29. The van der Waals surface area contributed by atoms with Crippen molar-refractivity contribution in [2.24, 2.45) is 23.7 Å². The van der Waals surface area contributed by atoms with Crippen molar-refractivity contribution < 1.29 is 24.9 Å². The Morgan fingerprint density at radius 1 is 1.23 bits per heavy atom. The third-order valence-electron chi connectivity index (χ3n) is 5.61. The molecule has 22 heavy (non-hydrogen) atoms. The Hall–Kier alpha value is -2.01. The summed E-state index contributed by atoms with van der Waals surface area (Å²) < 4.78 is 4.64. The van der Waals surface area contributed by atoms with Crippen LogP contribution < -0.4 is 0 Å². The normalized spacial score (nSPS) is 34.4. The number of methoxy groups -OCH3 is 1. The van der Waals surface area contributed by atoms with E-state index < -0.39 is 23.6 Å². The van der Waals surface area contributed by atoms with Crippen molar-refractivity contribution in [2.45, 2.75) is 18.9 Å². The van der Waals surface area contributed by atoms with Crippen LogP contribution in [0.5, 0.6) is 11.5 Å². The summed E-state index contributed by atoms with van der Waals surface area (Å²) in [7, 11) is 1.23. The van der Waals surface area contributed by atoms with Gasteiger partial charge >= 0.3 is 5.97 Å². The van der Waals surface area contributed by atoms with Crippen LogP contribution >= 0.6 is 0 Å². The highest BCUT2D eigenvalue weighted by atomic mass is 16.5. The Balaban J connectivity index is 1.85. The SMILES string of the molecule is COC(=O)c1cc2c(c(O)c1O)C(O)C1C3C=CC(C3)C1C2. The summed E-state index contributed by atoms with van der Waals surface area (Å²) >= 11 is 0. The van der Waals surface area contributed by atoms with Gasteiger partial charge < -0.3 is 20.1 Å². The number of aliphatic hydroxyl groups is 1. The third kappa shape index (κ3) is 1.60. The number of aromatic hydroxyl groups is 2. The predicted octanol–water partition coefficient (Wildman–Crippen LogP) is 1.91. The number of aliphatic hydroxyl groups excluding tert-OH is 1. The Bertz CT molecular complexity index is 693. The number of esters is 1. The molecule has 5 unspecified atom stereocenters. The van der Waals surface area contributed by atoms with Gasteiger partial charge in [-0.15, -0.1) is 0 Å². The van der Waals surface area contributed by atoms with Crippen molar-refractivity contribution in [2.75, 3.05) is 7.11 Å². The monoisotopic (exact) mass is 302 g/mol.